The van der Waals surface area contributed by atoms with Crippen LogP contribution in [0.1, 0.15) is 12.5 Å². The number of amides is 1. The van der Waals surface area contributed by atoms with Gasteiger partial charge in [0.15, 0.2) is 4.34 Å². The average Bonchev–Trinajstić information content (AvgIpc) is 2.88. The summed E-state index contributed by atoms with van der Waals surface area (Å²) in [4.78, 5) is 15.7. The lowest BCUT2D eigenvalue weighted by Gasteiger charge is -2.01. The molecule has 0 spiro atoms. The smallest absolute Gasteiger partial charge is 0.221 e. The highest BCUT2D eigenvalue weighted by atomic mass is 79.9. The Morgan fingerprint density at radius 2 is 2.14 bits per heavy atom. The molecule has 1 amide bonds. The average molecular weight is 393 g/mol. The number of carbonyl (C=O) groups excluding carboxylic acids is 1. The van der Waals surface area contributed by atoms with Crippen molar-refractivity contribution < 1.29 is 4.79 Å². The lowest BCUT2D eigenvalue weighted by Crippen LogP contribution is -2.05. The van der Waals surface area contributed by atoms with E-state index in [1.807, 2.05) is 36.4 Å². The molecule has 0 atom stereocenters. The summed E-state index contributed by atoms with van der Waals surface area (Å²) < 4.78 is 3.24. The van der Waals surface area contributed by atoms with E-state index < -0.39 is 0 Å². The standard InChI is InChI=1S/C16H13BrN2OS2/c1-10(20)18-12-6-7-14-15(8-12)22-16(19-14)21-9-11-4-2-3-5-13(11)17/h2-8H,9H2,1H3,(H,18,20). The van der Waals surface area contributed by atoms with Gasteiger partial charge in [0.05, 0.1) is 10.2 Å². The number of thioether (sulfide) groups is 1. The zero-order valence-corrected chi connectivity index (χ0v) is 15.0. The number of hydrogen-bond donors (Lipinski definition) is 1. The number of hydrogen-bond acceptors (Lipinski definition) is 4. The van der Waals surface area contributed by atoms with Crippen LogP contribution in [0.2, 0.25) is 0 Å². The van der Waals surface area contributed by atoms with Gasteiger partial charge >= 0.3 is 0 Å². The van der Waals surface area contributed by atoms with Crippen molar-refractivity contribution in [2.75, 3.05) is 5.32 Å². The monoisotopic (exact) mass is 392 g/mol. The van der Waals surface area contributed by atoms with Gasteiger partial charge < -0.3 is 5.32 Å². The van der Waals surface area contributed by atoms with Gasteiger partial charge in [0, 0.05) is 22.8 Å². The predicted octanol–water partition coefficient (Wildman–Crippen LogP) is 5.31. The number of benzene rings is 2. The molecule has 1 N–H and O–H groups in total. The first-order chi connectivity index (χ1) is 10.6. The van der Waals surface area contributed by atoms with Crippen molar-refractivity contribution in [1.82, 2.24) is 4.98 Å². The van der Waals surface area contributed by atoms with Crippen molar-refractivity contribution in [2.24, 2.45) is 0 Å². The maximum atomic E-state index is 11.1. The SMILES string of the molecule is CC(=O)Nc1ccc2nc(SCc3ccccc3Br)sc2c1. The van der Waals surface area contributed by atoms with Crippen LogP contribution in [0.5, 0.6) is 0 Å². The van der Waals surface area contributed by atoms with Gasteiger partial charge in [-0.2, -0.15) is 0 Å². The van der Waals surface area contributed by atoms with Crippen LogP contribution >= 0.6 is 39.0 Å². The minimum atomic E-state index is -0.0626. The Kier molecular flexibility index (Phi) is 4.81. The van der Waals surface area contributed by atoms with Crippen molar-refractivity contribution in [3.8, 4) is 0 Å². The summed E-state index contributed by atoms with van der Waals surface area (Å²) in [7, 11) is 0. The Bertz CT molecular complexity index is 832. The highest BCUT2D eigenvalue weighted by Crippen LogP contribution is 2.34. The highest BCUT2D eigenvalue weighted by Gasteiger charge is 2.07. The number of aromatic nitrogens is 1. The molecular formula is C16H13BrN2OS2. The Morgan fingerprint density at radius 1 is 1.32 bits per heavy atom. The van der Waals surface area contributed by atoms with Crippen molar-refractivity contribution in [2.45, 2.75) is 17.0 Å². The predicted molar refractivity (Wildman–Crippen MR) is 97.6 cm³/mol. The first-order valence-electron chi connectivity index (χ1n) is 6.66. The highest BCUT2D eigenvalue weighted by molar-refractivity contribution is 9.10. The molecule has 3 rings (SSSR count). The summed E-state index contributed by atoms with van der Waals surface area (Å²) in [6.45, 7) is 1.51. The Morgan fingerprint density at radius 3 is 2.91 bits per heavy atom. The second-order valence-electron chi connectivity index (χ2n) is 4.72. The number of carbonyl (C=O) groups is 1. The summed E-state index contributed by atoms with van der Waals surface area (Å²) in [5.74, 6) is 0.812. The summed E-state index contributed by atoms with van der Waals surface area (Å²) in [5, 5.41) is 2.80. The molecule has 1 heterocycles. The first kappa shape index (κ1) is 15.5. The van der Waals surface area contributed by atoms with E-state index in [0.29, 0.717) is 0 Å². The third kappa shape index (κ3) is 3.69. The van der Waals surface area contributed by atoms with E-state index in [1.165, 1.54) is 12.5 Å². The van der Waals surface area contributed by atoms with Crippen molar-refractivity contribution in [1.29, 1.82) is 0 Å². The third-order valence-electron chi connectivity index (χ3n) is 3.00. The molecule has 0 fully saturated rings. The Balaban J connectivity index is 1.77. The van der Waals surface area contributed by atoms with E-state index in [9.17, 15) is 4.79 Å². The van der Waals surface area contributed by atoms with Gasteiger partial charge in [-0.25, -0.2) is 4.98 Å². The fraction of sp³-hybridized carbons (Fsp3) is 0.125. The molecule has 0 saturated heterocycles. The molecule has 3 nitrogen and oxygen atoms in total. The van der Waals surface area contributed by atoms with E-state index in [1.54, 1.807) is 23.1 Å². The van der Waals surface area contributed by atoms with Gasteiger partial charge in [0.1, 0.15) is 0 Å². The molecule has 3 aromatic rings. The van der Waals surface area contributed by atoms with Crippen LogP contribution in [-0.2, 0) is 10.5 Å². The molecule has 0 bridgehead atoms. The van der Waals surface area contributed by atoms with Crippen molar-refractivity contribution in [3.05, 3.63) is 52.5 Å². The number of thiazole rings is 1. The van der Waals surface area contributed by atoms with E-state index in [4.69, 9.17) is 0 Å². The molecule has 0 aliphatic rings. The van der Waals surface area contributed by atoms with E-state index >= 15 is 0 Å². The fourth-order valence-corrected chi connectivity index (χ4v) is 4.72. The van der Waals surface area contributed by atoms with E-state index in [-0.39, 0.29) is 5.91 Å². The summed E-state index contributed by atoms with van der Waals surface area (Å²) in [6.07, 6.45) is 0. The van der Waals surface area contributed by atoms with Crippen LogP contribution in [0.15, 0.2) is 51.3 Å². The van der Waals surface area contributed by atoms with Crippen LogP contribution < -0.4 is 5.32 Å². The van der Waals surface area contributed by atoms with Gasteiger partial charge in [0.2, 0.25) is 5.91 Å². The number of anilines is 1. The quantitative estimate of drug-likeness (QED) is 0.611. The number of fused-ring (bicyclic) bond motifs is 1. The topological polar surface area (TPSA) is 42.0 Å². The van der Waals surface area contributed by atoms with Gasteiger partial charge in [-0.3, -0.25) is 4.79 Å². The third-order valence-corrected chi connectivity index (χ3v) is 5.98. The van der Waals surface area contributed by atoms with Crippen LogP contribution in [0.3, 0.4) is 0 Å². The van der Waals surface area contributed by atoms with Crippen molar-refractivity contribution in [3.63, 3.8) is 0 Å². The van der Waals surface area contributed by atoms with Crippen LogP contribution in [0.25, 0.3) is 10.2 Å². The van der Waals surface area contributed by atoms with Crippen LogP contribution in [-0.4, -0.2) is 10.9 Å². The zero-order chi connectivity index (χ0) is 15.5. The molecule has 0 aliphatic carbocycles. The second-order valence-corrected chi connectivity index (χ2v) is 7.83. The molecule has 0 aliphatic heterocycles. The number of nitrogens with one attached hydrogen (secondary N) is 1. The molecule has 0 unspecified atom stereocenters. The summed E-state index contributed by atoms with van der Waals surface area (Å²) in [5.41, 5.74) is 3.03. The van der Waals surface area contributed by atoms with Gasteiger partial charge in [-0.15, -0.1) is 11.3 Å². The van der Waals surface area contributed by atoms with E-state index in [0.717, 1.165) is 30.5 Å². The van der Waals surface area contributed by atoms with Crippen LogP contribution in [0.4, 0.5) is 5.69 Å². The van der Waals surface area contributed by atoms with E-state index in [2.05, 4.69) is 32.3 Å². The number of rotatable bonds is 4. The molecule has 112 valence electrons. The largest absolute Gasteiger partial charge is 0.326 e. The molecule has 0 radical (unpaired) electrons. The van der Waals surface area contributed by atoms with Crippen LogP contribution in [0, 0.1) is 0 Å². The van der Waals surface area contributed by atoms with Gasteiger partial charge in [-0.1, -0.05) is 45.9 Å². The molecular weight excluding hydrogens is 380 g/mol. The minimum Gasteiger partial charge on any atom is -0.326 e. The summed E-state index contributed by atoms with van der Waals surface area (Å²) in [6, 6.07) is 14.0. The number of nitrogens with zero attached hydrogens (tertiary/aromatic N) is 1. The minimum absolute atomic E-state index is 0.0626. The molecule has 1 aromatic heterocycles. The van der Waals surface area contributed by atoms with Crippen molar-refractivity contribution >= 4 is 60.8 Å². The Hall–Kier alpha value is -1.37. The first-order valence-corrected chi connectivity index (χ1v) is 9.26. The zero-order valence-electron chi connectivity index (χ0n) is 11.8. The van der Waals surface area contributed by atoms with Gasteiger partial charge in [-0.05, 0) is 29.8 Å². The molecule has 0 saturated carbocycles. The second kappa shape index (κ2) is 6.81. The maximum Gasteiger partial charge on any atom is 0.221 e. The number of halogens is 1. The lowest BCUT2D eigenvalue weighted by atomic mass is 10.2. The Labute approximate surface area is 145 Å². The molecule has 6 heteroatoms. The summed E-state index contributed by atoms with van der Waals surface area (Å²) >= 11 is 6.94. The molecule has 2 aromatic carbocycles. The normalized spacial score (nSPS) is 10.8. The van der Waals surface area contributed by atoms with Gasteiger partial charge in [0.25, 0.3) is 0 Å². The maximum absolute atomic E-state index is 11.1. The lowest BCUT2D eigenvalue weighted by molar-refractivity contribution is -0.114. The fourth-order valence-electron chi connectivity index (χ4n) is 2.00. The molecule has 22 heavy (non-hydrogen) atoms.